The van der Waals surface area contributed by atoms with Crippen LogP contribution in [0.4, 0.5) is 0 Å². The summed E-state index contributed by atoms with van der Waals surface area (Å²) in [6.07, 6.45) is 0. The monoisotopic (exact) mass is 536 g/mol. The third-order valence-electron chi connectivity index (χ3n) is 1.02. The van der Waals surface area contributed by atoms with Crippen LogP contribution in [0.5, 0.6) is 0 Å². The van der Waals surface area contributed by atoms with Crippen molar-refractivity contribution in [1.82, 2.24) is 0 Å². The zero-order valence-electron chi connectivity index (χ0n) is 10.3. The molecule has 0 bridgehead atoms. The first kappa shape index (κ1) is 42.9. The molecule has 0 spiro atoms. The smallest absolute Gasteiger partial charge is 0.453 e. The number of halogens is 2. The summed E-state index contributed by atoms with van der Waals surface area (Å²) < 4.78 is 10.4. The molecule has 0 aliphatic carbocycles. The van der Waals surface area contributed by atoms with Crippen LogP contribution in [0.15, 0.2) is 0 Å². The highest BCUT2D eigenvalue weighted by Gasteiger charge is 2.09. The van der Waals surface area contributed by atoms with E-state index in [0.29, 0.717) is 0 Å². The van der Waals surface area contributed by atoms with E-state index in [2.05, 4.69) is 71.9 Å². The molecule has 116 valence electrons. The van der Waals surface area contributed by atoms with Crippen molar-refractivity contribution >= 4 is 80.7 Å². The molecule has 0 aliphatic rings. The Morgan fingerprint density at radius 1 is 0.611 bits per heavy atom. The van der Waals surface area contributed by atoms with Gasteiger partial charge in [0, 0.05) is 44.3 Å². The average Bonchev–Trinajstić information content (AvgIpc) is 2.06. The van der Waals surface area contributed by atoms with Crippen LogP contribution in [0, 0.1) is 0 Å². The molecule has 18 heavy (non-hydrogen) atoms. The van der Waals surface area contributed by atoms with Gasteiger partial charge in [-0.05, 0) is 0 Å². The minimum absolute atomic E-state index is 0. The first-order chi connectivity index (χ1) is 6.40. The van der Waals surface area contributed by atoms with Gasteiger partial charge in [0.1, 0.15) is 0 Å². The molecule has 0 aromatic rings. The Labute approximate surface area is 156 Å². The van der Waals surface area contributed by atoms with Gasteiger partial charge in [-0.2, -0.15) is 0 Å². The highest BCUT2D eigenvalue weighted by molar-refractivity contribution is 15.0. The van der Waals surface area contributed by atoms with Crippen molar-refractivity contribution in [1.29, 1.82) is 0 Å². The molecule has 0 aliphatic heterocycles. The van der Waals surface area contributed by atoms with Crippen LogP contribution in [-0.4, -0.2) is 50.6 Å². The van der Waals surface area contributed by atoms with E-state index in [4.69, 9.17) is 6.63 Å². The number of hydrogen-bond donors (Lipinski definition) is 0. The molecule has 7 heteroatoms. The fraction of sp³-hybridized carbons (Fsp3) is 1.00. The van der Waals surface area contributed by atoms with Crippen LogP contribution in [0.1, 0.15) is 29.7 Å². The lowest BCUT2D eigenvalue weighted by atomic mass is 11.8. The van der Waals surface area contributed by atoms with Gasteiger partial charge in [-0.1, -0.05) is 64.4 Å². The van der Waals surface area contributed by atoms with Crippen molar-refractivity contribution in [3.63, 3.8) is 0 Å². The van der Waals surface area contributed by atoms with E-state index in [1.54, 1.807) is 7.11 Å². The van der Waals surface area contributed by atoms with Crippen molar-refractivity contribution in [2.24, 2.45) is 0 Å². The van der Waals surface area contributed by atoms with Gasteiger partial charge in [-0.25, -0.2) is 0 Å². The number of rotatable bonds is 3. The van der Waals surface area contributed by atoms with Gasteiger partial charge in [-0.3, -0.25) is 0 Å². The quantitative estimate of drug-likeness (QED) is 0.295. The normalized spacial score (nSPS) is 5.83. The summed E-state index contributed by atoms with van der Waals surface area (Å²) >= 11 is 2.26. The molecule has 0 amide bonds. The van der Waals surface area contributed by atoms with Crippen LogP contribution in [-0.2, 0) is 6.63 Å². The summed E-state index contributed by atoms with van der Waals surface area (Å²) in [6.45, 7) is 0. The van der Waals surface area contributed by atoms with Crippen LogP contribution >= 0.6 is 37.2 Å². The van der Waals surface area contributed by atoms with Crippen molar-refractivity contribution in [3.05, 3.63) is 0 Å². The Balaban J connectivity index is -0.0000000201. The van der Waals surface area contributed by atoms with Gasteiger partial charge in [-0.15, -0.1) is 0 Å². The van der Waals surface area contributed by atoms with Gasteiger partial charge in [0.25, 0.3) is 0 Å². The lowest BCUT2D eigenvalue weighted by Crippen LogP contribution is -2.17. The molecule has 0 aromatic carbocycles. The van der Waals surface area contributed by atoms with E-state index in [1.165, 1.54) is 0 Å². The summed E-state index contributed by atoms with van der Waals surface area (Å²) in [5.41, 5.74) is 0. The lowest BCUT2D eigenvalue weighted by Gasteiger charge is -2.03. The number of hydrogen-bond acceptors (Lipinski definition) is 2. The Kier molecular flexibility index (Phi) is 87.7. The largest absolute Gasteiger partial charge is 0.637 e. The molecule has 0 heterocycles. The SMILES string of the molecule is C.C.C.C.C[O][Al]([CH3])[CH3].II.[CH3][Al]([CH3])[O][Al]([CH3])[CH3]. The molecule has 0 rings (SSSR count). The molecule has 0 atom stereocenters. The Hall–Kier alpha value is 2.98. The standard InChI is InChI=1S/CH3O.4CH4.6CH3.3Al.I2.O/c1-2;;;;;;;;;;;;;;1-2;/h1H3;4*1H4;6*1H3;;;;;/q-1;;;;;;;;;;;;;+1;;. The van der Waals surface area contributed by atoms with Crippen LogP contribution in [0.25, 0.3) is 0 Å². The summed E-state index contributed by atoms with van der Waals surface area (Å²) in [5, 5.41) is 0. The van der Waals surface area contributed by atoms with E-state index in [1.807, 2.05) is 0 Å². The van der Waals surface area contributed by atoms with E-state index in [-0.39, 0.29) is 29.7 Å². The second-order valence-electron chi connectivity index (χ2n) is 3.52. The maximum Gasteiger partial charge on any atom is 0.453 e. The molecule has 0 unspecified atom stereocenters. The van der Waals surface area contributed by atoms with E-state index in [0.717, 1.165) is 0 Å². The lowest BCUT2D eigenvalue weighted by molar-refractivity contribution is 0.430. The highest BCUT2D eigenvalue weighted by Crippen LogP contribution is 1.89. The van der Waals surface area contributed by atoms with Gasteiger partial charge >= 0.3 is 43.4 Å². The van der Waals surface area contributed by atoms with Crippen LogP contribution < -0.4 is 0 Å². The minimum Gasteiger partial charge on any atom is -0.637 e. The topological polar surface area (TPSA) is 18.5 Å². The second-order valence-corrected chi connectivity index (χ2v) is 11.4. The maximum atomic E-state index is 5.53. The Morgan fingerprint density at radius 3 is 0.778 bits per heavy atom. The molecule has 0 aromatic heterocycles. The fourth-order valence-corrected chi connectivity index (χ4v) is 4.90. The molecule has 0 radical (unpaired) electrons. The summed E-state index contributed by atoms with van der Waals surface area (Å²) in [5.74, 6) is 13.1. The molecule has 0 saturated heterocycles. The van der Waals surface area contributed by atoms with E-state index in [9.17, 15) is 0 Å². The first-order valence-electron chi connectivity index (χ1n) is 4.72. The zero-order chi connectivity index (χ0) is 12.1. The van der Waals surface area contributed by atoms with Crippen molar-refractivity contribution in [2.75, 3.05) is 7.11 Å². The summed E-state index contributed by atoms with van der Waals surface area (Å²) in [4.78, 5) is 0. The van der Waals surface area contributed by atoms with Gasteiger partial charge < -0.3 is 6.63 Å². The minimum atomic E-state index is -0.667. The maximum absolute atomic E-state index is 5.53. The molecule has 0 saturated carbocycles. The average molecular weight is 536 g/mol. The van der Waals surface area contributed by atoms with E-state index < -0.39 is 43.4 Å². The third-order valence-corrected chi connectivity index (χ3v) is 6.31. The van der Waals surface area contributed by atoms with Gasteiger partial charge in [0.2, 0.25) is 0 Å². The van der Waals surface area contributed by atoms with Crippen molar-refractivity contribution in [2.45, 2.75) is 64.4 Å². The predicted octanol–water partition coefficient (Wildman–Crippen LogP) is 6.70. The molecular formula is C11H37Al3I2O2. The predicted molar refractivity (Wildman–Crippen MR) is 116 cm³/mol. The van der Waals surface area contributed by atoms with Crippen molar-refractivity contribution < 1.29 is 6.63 Å². The van der Waals surface area contributed by atoms with Crippen LogP contribution in [0.3, 0.4) is 0 Å². The Bertz CT molecular complexity index is 92.4. The van der Waals surface area contributed by atoms with Crippen molar-refractivity contribution in [3.8, 4) is 0 Å². The third kappa shape index (κ3) is 76.1. The summed E-state index contributed by atoms with van der Waals surface area (Å²) in [7, 11) is 1.76. The molecule has 0 fully saturated rings. The van der Waals surface area contributed by atoms with Gasteiger partial charge in [0.15, 0.2) is 0 Å². The highest BCUT2D eigenvalue weighted by atomic mass is 128. The Morgan fingerprint density at radius 2 is 0.778 bits per heavy atom. The zero-order valence-corrected chi connectivity index (χ0v) is 18.1. The first-order valence-corrected chi connectivity index (χ1v) is 19.4. The molecular weight excluding hydrogens is 499 g/mol. The second kappa shape index (κ2) is 36.8. The molecule has 2 nitrogen and oxygen atoms in total. The fourth-order valence-electron chi connectivity index (χ4n) is 0.544. The summed E-state index contributed by atoms with van der Waals surface area (Å²) in [6, 6.07) is 0. The molecule has 0 N–H and O–H groups in total. The van der Waals surface area contributed by atoms with Gasteiger partial charge in [0.05, 0.1) is 0 Å². The van der Waals surface area contributed by atoms with Crippen LogP contribution in [0.2, 0.25) is 34.7 Å². The van der Waals surface area contributed by atoms with E-state index >= 15 is 0 Å².